The van der Waals surface area contributed by atoms with Crippen LogP contribution in [0.2, 0.25) is 0 Å². The number of sulfonamides is 1. The van der Waals surface area contributed by atoms with Gasteiger partial charge in [-0.15, -0.1) is 0 Å². The molecule has 88 valence electrons. The van der Waals surface area contributed by atoms with Gasteiger partial charge in [-0.2, -0.15) is 0 Å². The first-order valence-electron chi connectivity index (χ1n) is 4.20. The number of hydrogen-bond donors (Lipinski definition) is 1. The number of carbonyl (C=O) groups is 1. The Bertz CT molecular complexity index is 573. The van der Waals surface area contributed by atoms with Gasteiger partial charge in [0.15, 0.2) is 0 Å². The Labute approximate surface area is 92.1 Å². The third-order valence-electron chi connectivity index (χ3n) is 1.80. The number of aromatic nitrogens is 1. The molecule has 1 aromatic rings. The molecule has 0 aromatic carbocycles. The van der Waals surface area contributed by atoms with Gasteiger partial charge in [0.05, 0.1) is 0 Å². The number of amides is 1. The van der Waals surface area contributed by atoms with Crippen LogP contribution < -0.4 is 10.6 Å². The van der Waals surface area contributed by atoms with Crippen molar-refractivity contribution >= 4 is 16.1 Å². The van der Waals surface area contributed by atoms with Gasteiger partial charge in [-0.3, -0.25) is 9.36 Å². The Balaban J connectivity index is 3.40. The highest BCUT2D eigenvalue weighted by molar-refractivity contribution is 7.89. The second-order valence-electron chi connectivity index (χ2n) is 3.30. The maximum atomic E-state index is 11.5. The lowest BCUT2D eigenvalue weighted by Gasteiger charge is -2.12. The summed E-state index contributed by atoms with van der Waals surface area (Å²) in [6.45, 7) is 0. The third-order valence-corrected chi connectivity index (χ3v) is 2.72. The molecule has 16 heavy (non-hydrogen) atoms. The van der Waals surface area contributed by atoms with Gasteiger partial charge in [0.2, 0.25) is 15.5 Å². The van der Waals surface area contributed by atoms with Crippen LogP contribution in [0.3, 0.4) is 0 Å². The number of carbonyl (C=O) groups excluding carboxylic acids is 1. The first-order chi connectivity index (χ1) is 7.23. The van der Waals surface area contributed by atoms with Gasteiger partial charge in [0, 0.05) is 32.6 Å². The normalized spacial score (nSPS) is 11.2. The van der Waals surface area contributed by atoms with Crippen molar-refractivity contribution in [2.24, 2.45) is 5.14 Å². The van der Waals surface area contributed by atoms with E-state index in [-0.39, 0.29) is 0 Å². The smallest absolute Gasteiger partial charge is 0.327 e. The number of pyridine rings is 1. The predicted octanol–water partition coefficient (Wildman–Crippen LogP) is -0.975. The van der Waals surface area contributed by atoms with E-state index in [1.807, 2.05) is 0 Å². The van der Waals surface area contributed by atoms with Crippen LogP contribution in [-0.2, 0) is 10.0 Å². The summed E-state index contributed by atoms with van der Waals surface area (Å²) in [4.78, 5) is 23.3. The molecule has 7 nitrogen and oxygen atoms in total. The average molecular weight is 245 g/mol. The number of nitrogens with two attached hydrogens (primary N) is 1. The van der Waals surface area contributed by atoms with E-state index in [1.54, 1.807) is 0 Å². The fraction of sp³-hybridized carbons (Fsp3) is 0.250. The SMILES string of the molecule is CN(C)C(=O)n1ccc(=O)c(S(N)(=O)=O)c1. The van der Waals surface area contributed by atoms with Crippen molar-refractivity contribution in [2.45, 2.75) is 4.90 Å². The lowest BCUT2D eigenvalue weighted by molar-refractivity contribution is 0.218. The molecule has 0 spiro atoms. The highest BCUT2D eigenvalue weighted by Crippen LogP contribution is 2.00. The fourth-order valence-corrected chi connectivity index (χ4v) is 1.64. The maximum absolute atomic E-state index is 11.5. The lowest BCUT2D eigenvalue weighted by Crippen LogP contribution is -2.30. The standard InChI is InChI=1S/C8H11N3O4S/c1-10(2)8(13)11-4-3-6(12)7(5-11)16(9,14)15/h3-5H,1-2H3,(H2,9,14,15). The zero-order valence-electron chi connectivity index (χ0n) is 8.75. The molecular formula is C8H11N3O4S. The minimum Gasteiger partial charge on any atom is -0.330 e. The van der Waals surface area contributed by atoms with Crippen LogP contribution in [-0.4, -0.2) is 38.0 Å². The quantitative estimate of drug-likeness (QED) is 0.687. The summed E-state index contributed by atoms with van der Waals surface area (Å²) in [6, 6.07) is 0.492. The van der Waals surface area contributed by atoms with Crippen LogP contribution in [0.4, 0.5) is 4.79 Å². The molecule has 2 N–H and O–H groups in total. The van der Waals surface area contributed by atoms with Crippen molar-refractivity contribution in [3.63, 3.8) is 0 Å². The summed E-state index contributed by atoms with van der Waals surface area (Å²) in [6.07, 6.45) is 2.08. The predicted molar refractivity (Wildman–Crippen MR) is 56.6 cm³/mol. The van der Waals surface area contributed by atoms with E-state index < -0.39 is 26.4 Å². The zero-order chi connectivity index (χ0) is 12.5. The molecule has 1 amide bonds. The minimum atomic E-state index is -4.12. The van der Waals surface area contributed by atoms with Crippen LogP contribution in [0.5, 0.6) is 0 Å². The van der Waals surface area contributed by atoms with Crippen molar-refractivity contribution in [2.75, 3.05) is 14.1 Å². The van der Waals surface area contributed by atoms with Crippen LogP contribution in [0.25, 0.3) is 0 Å². The van der Waals surface area contributed by atoms with Crippen molar-refractivity contribution in [1.29, 1.82) is 0 Å². The van der Waals surface area contributed by atoms with Gasteiger partial charge >= 0.3 is 6.03 Å². The van der Waals surface area contributed by atoms with Crippen LogP contribution in [0.15, 0.2) is 28.2 Å². The average Bonchev–Trinajstić information content (AvgIpc) is 2.15. The number of nitrogens with zero attached hydrogens (tertiary/aromatic N) is 2. The van der Waals surface area contributed by atoms with Gasteiger partial charge in [-0.05, 0) is 0 Å². The molecule has 1 rings (SSSR count). The number of rotatable bonds is 1. The summed E-state index contributed by atoms with van der Waals surface area (Å²) in [5.74, 6) is 0. The van der Waals surface area contributed by atoms with E-state index in [0.29, 0.717) is 0 Å². The van der Waals surface area contributed by atoms with Gasteiger partial charge in [0.1, 0.15) is 4.90 Å². The second-order valence-corrected chi connectivity index (χ2v) is 4.83. The highest BCUT2D eigenvalue weighted by atomic mass is 32.2. The fourth-order valence-electron chi connectivity index (χ4n) is 1.03. The van der Waals surface area contributed by atoms with Crippen LogP contribution in [0, 0.1) is 0 Å². The topological polar surface area (TPSA) is 102 Å². The Kier molecular flexibility index (Phi) is 3.15. The molecule has 0 radical (unpaired) electrons. The second kappa shape index (κ2) is 4.06. The monoisotopic (exact) mass is 245 g/mol. The maximum Gasteiger partial charge on any atom is 0.327 e. The Morgan fingerprint density at radius 1 is 1.44 bits per heavy atom. The molecule has 8 heteroatoms. The Morgan fingerprint density at radius 2 is 2.00 bits per heavy atom. The molecule has 0 unspecified atom stereocenters. The van der Waals surface area contributed by atoms with Crippen molar-refractivity contribution < 1.29 is 13.2 Å². The van der Waals surface area contributed by atoms with Crippen molar-refractivity contribution in [1.82, 2.24) is 9.47 Å². The molecule has 0 aliphatic heterocycles. The van der Waals surface area contributed by atoms with Gasteiger partial charge in [0.25, 0.3) is 0 Å². The molecule has 0 aliphatic carbocycles. The lowest BCUT2D eigenvalue weighted by atomic mass is 10.4. The van der Waals surface area contributed by atoms with Gasteiger partial charge < -0.3 is 4.90 Å². The first-order valence-corrected chi connectivity index (χ1v) is 5.75. The Morgan fingerprint density at radius 3 is 2.44 bits per heavy atom. The summed E-state index contributed by atoms with van der Waals surface area (Å²) in [5, 5.41) is 4.84. The van der Waals surface area contributed by atoms with E-state index in [4.69, 9.17) is 5.14 Å². The van der Waals surface area contributed by atoms with E-state index in [1.165, 1.54) is 25.2 Å². The molecule has 0 saturated heterocycles. The molecule has 0 fully saturated rings. The third kappa shape index (κ3) is 2.47. The Hall–Kier alpha value is -1.67. The molecule has 0 saturated carbocycles. The summed E-state index contributed by atoms with van der Waals surface area (Å²) in [7, 11) is -1.13. The zero-order valence-corrected chi connectivity index (χ0v) is 9.56. The van der Waals surface area contributed by atoms with E-state index in [0.717, 1.165) is 16.8 Å². The van der Waals surface area contributed by atoms with Crippen LogP contribution >= 0.6 is 0 Å². The van der Waals surface area contributed by atoms with Crippen molar-refractivity contribution in [3.8, 4) is 0 Å². The molecule has 1 aromatic heterocycles. The summed E-state index contributed by atoms with van der Waals surface area (Å²) < 4.78 is 23.0. The molecule has 1 heterocycles. The molecular weight excluding hydrogens is 234 g/mol. The first kappa shape index (κ1) is 12.4. The largest absolute Gasteiger partial charge is 0.330 e. The van der Waals surface area contributed by atoms with E-state index in [2.05, 4.69) is 0 Å². The molecule has 0 bridgehead atoms. The van der Waals surface area contributed by atoms with Crippen LogP contribution in [0.1, 0.15) is 0 Å². The van der Waals surface area contributed by atoms with Gasteiger partial charge in [-0.25, -0.2) is 18.4 Å². The van der Waals surface area contributed by atoms with E-state index >= 15 is 0 Å². The summed E-state index contributed by atoms with van der Waals surface area (Å²) in [5.41, 5.74) is -0.745. The summed E-state index contributed by atoms with van der Waals surface area (Å²) >= 11 is 0. The minimum absolute atomic E-state index is 0.482. The van der Waals surface area contributed by atoms with E-state index in [9.17, 15) is 18.0 Å². The molecule has 0 atom stereocenters. The highest BCUT2D eigenvalue weighted by Gasteiger charge is 2.15. The molecule has 0 aliphatic rings. The number of hydrogen-bond acceptors (Lipinski definition) is 4. The number of primary sulfonamides is 1. The van der Waals surface area contributed by atoms with Crippen molar-refractivity contribution in [3.05, 3.63) is 28.7 Å². The van der Waals surface area contributed by atoms with Gasteiger partial charge in [-0.1, -0.05) is 0 Å².